The molecule has 0 aromatic heterocycles. The molecular weight excluding hydrogens is 313 g/mol. The van der Waals surface area contributed by atoms with E-state index in [4.69, 9.17) is 0 Å². The maximum absolute atomic E-state index is 13.4. The first-order valence-corrected chi connectivity index (χ1v) is 6.49. The quantitative estimate of drug-likeness (QED) is 0.793. The van der Waals surface area contributed by atoms with Gasteiger partial charge in [0.25, 0.3) is 0 Å². The molecule has 1 atom stereocenters. The Morgan fingerprint density at radius 3 is 2.32 bits per heavy atom. The van der Waals surface area contributed by atoms with E-state index in [1.165, 1.54) is 12.1 Å². The number of hydrogen-bond acceptors (Lipinski definition) is 3. The van der Waals surface area contributed by atoms with Crippen molar-refractivity contribution in [3.63, 3.8) is 0 Å². The van der Waals surface area contributed by atoms with E-state index in [0.29, 0.717) is 15.7 Å². The standard InChI is InChI=1S/C14H13BrFNO2/c1-8(9-4-11(18)7-12(19)5-9)17-10-2-3-13(15)14(16)6-10/h2-8,17-19H,1H3. The summed E-state index contributed by atoms with van der Waals surface area (Å²) in [5.74, 6) is -0.368. The number of hydrogen-bond donors (Lipinski definition) is 3. The highest BCUT2D eigenvalue weighted by atomic mass is 79.9. The van der Waals surface area contributed by atoms with Crippen LogP contribution in [0.25, 0.3) is 0 Å². The highest BCUT2D eigenvalue weighted by Crippen LogP contribution is 2.28. The van der Waals surface area contributed by atoms with Gasteiger partial charge in [-0.25, -0.2) is 4.39 Å². The van der Waals surface area contributed by atoms with E-state index in [9.17, 15) is 14.6 Å². The van der Waals surface area contributed by atoms with Gasteiger partial charge in [-0.05, 0) is 58.7 Å². The van der Waals surface area contributed by atoms with Crippen LogP contribution in [0.1, 0.15) is 18.5 Å². The maximum atomic E-state index is 13.4. The molecule has 0 aliphatic heterocycles. The molecule has 2 aromatic carbocycles. The number of aromatic hydroxyl groups is 2. The lowest BCUT2D eigenvalue weighted by Crippen LogP contribution is -2.06. The molecule has 2 aromatic rings. The van der Waals surface area contributed by atoms with Crippen LogP contribution in [0.15, 0.2) is 40.9 Å². The van der Waals surface area contributed by atoms with Crippen molar-refractivity contribution in [3.05, 3.63) is 52.3 Å². The Hall–Kier alpha value is -1.75. The van der Waals surface area contributed by atoms with E-state index in [1.54, 1.807) is 24.3 Å². The van der Waals surface area contributed by atoms with Crippen LogP contribution < -0.4 is 5.32 Å². The molecule has 1 unspecified atom stereocenters. The zero-order valence-electron chi connectivity index (χ0n) is 10.2. The smallest absolute Gasteiger partial charge is 0.139 e. The minimum absolute atomic E-state index is 0.00867. The van der Waals surface area contributed by atoms with Crippen molar-refractivity contribution in [2.75, 3.05) is 5.32 Å². The number of phenols is 2. The fourth-order valence-electron chi connectivity index (χ4n) is 1.79. The Morgan fingerprint density at radius 1 is 1.11 bits per heavy atom. The van der Waals surface area contributed by atoms with E-state index in [0.717, 1.165) is 0 Å². The Morgan fingerprint density at radius 2 is 1.74 bits per heavy atom. The van der Waals surface area contributed by atoms with Crippen LogP contribution in [0.2, 0.25) is 0 Å². The average molecular weight is 326 g/mol. The normalized spacial score (nSPS) is 12.2. The minimum atomic E-state index is -0.351. The van der Waals surface area contributed by atoms with E-state index in [1.807, 2.05) is 6.92 Å². The molecule has 3 nitrogen and oxygen atoms in total. The van der Waals surface area contributed by atoms with Gasteiger partial charge in [-0.15, -0.1) is 0 Å². The van der Waals surface area contributed by atoms with Crippen LogP contribution in [0.5, 0.6) is 11.5 Å². The summed E-state index contributed by atoms with van der Waals surface area (Å²) >= 11 is 3.09. The molecule has 0 fully saturated rings. The number of nitrogens with one attached hydrogen (secondary N) is 1. The van der Waals surface area contributed by atoms with Gasteiger partial charge in [-0.3, -0.25) is 0 Å². The van der Waals surface area contributed by atoms with Gasteiger partial charge in [0.05, 0.1) is 4.47 Å². The summed E-state index contributed by atoms with van der Waals surface area (Å²) in [6, 6.07) is 8.91. The van der Waals surface area contributed by atoms with Gasteiger partial charge in [0.2, 0.25) is 0 Å². The third-order valence-corrected chi connectivity index (χ3v) is 3.37. The van der Waals surface area contributed by atoms with Gasteiger partial charge in [0, 0.05) is 17.8 Å². The van der Waals surface area contributed by atoms with Crippen molar-refractivity contribution in [3.8, 4) is 11.5 Å². The molecule has 0 radical (unpaired) electrons. The zero-order chi connectivity index (χ0) is 14.0. The first-order valence-electron chi connectivity index (χ1n) is 5.70. The average Bonchev–Trinajstić information content (AvgIpc) is 2.32. The van der Waals surface area contributed by atoms with Gasteiger partial charge in [-0.2, -0.15) is 0 Å². The number of benzene rings is 2. The van der Waals surface area contributed by atoms with Gasteiger partial charge < -0.3 is 15.5 Å². The molecule has 2 rings (SSSR count). The fraction of sp³-hybridized carbons (Fsp3) is 0.143. The van der Waals surface area contributed by atoms with Crippen LogP contribution in [-0.2, 0) is 0 Å². The van der Waals surface area contributed by atoms with Crippen molar-refractivity contribution in [1.29, 1.82) is 0 Å². The van der Waals surface area contributed by atoms with Crippen molar-refractivity contribution in [2.45, 2.75) is 13.0 Å². The second-order valence-electron chi connectivity index (χ2n) is 4.28. The summed E-state index contributed by atoms with van der Waals surface area (Å²) < 4.78 is 13.8. The number of anilines is 1. The molecule has 0 heterocycles. The van der Waals surface area contributed by atoms with Crippen LogP contribution in [0.3, 0.4) is 0 Å². The summed E-state index contributed by atoms with van der Waals surface area (Å²) in [6.07, 6.45) is 0. The van der Waals surface area contributed by atoms with E-state index in [2.05, 4.69) is 21.2 Å². The molecule has 5 heteroatoms. The van der Waals surface area contributed by atoms with Crippen LogP contribution in [-0.4, -0.2) is 10.2 Å². The molecule has 0 saturated carbocycles. The van der Waals surface area contributed by atoms with Crippen molar-refractivity contribution < 1.29 is 14.6 Å². The van der Waals surface area contributed by atoms with Crippen LogP contribution >= 0.6 is 15.9 Å². The van der Waals surface area contributed by atoms with E-state index in [-0.39, 0.29) is 23.4 Å². The Balaban J connectivity index is 2.20. The van der Waals surface area contributed by atoms with E-state index < -0.39 is 0 Å². The zero-order valence-corrected chi connectivity index (χ0v) is 11.8. The van der Waals surface area contributed by atoms with Gasteiger partial charge in [0.15, 0.2) is 0 Å². The largest absolute Gasteiger partial charge is 0.508 e. The molecule has 0 amide bonds. The first kappa shape index (κ1) is 13.7. The second kappa shape index (κ2) is 5.48. The molecule has 100 valence electrons. The topological polar surface area (TPSA) is 52.5 Å². The molecule has 0 saturated heterocycles. The van der Waals surface area contributed by atoms with Crippen molar-refractivity contribution in [1.82, 2.24) is 0 Å². The molecular formula is C14H13BrFNO2. The second-order valence-corrected chi connectivity index (χ2v) is 5.13. The highest BCUT2D eigenvalue weighted by molar-refractivity contribution is 9.10. The predicted octanol–water partition coefficient (Wildman–Crippen LogP) is 4.17. The molecule has 0 aliphatic rings. The summed E-state index contributed by atoms with van der Waals surface area (Å²) in [4.78, 5) is 0. The Labute approximate surface area is 118 Å². The van der Waals surface area contributed by atoms with Crippen LogP contribution in [0, 0.1) is 5.82 Å². The summed E-state index contributed by atoms with van der Waals surface area (Å²) in [7, 11) is 0. The molecule has 19 heavy (non-hydrogen) atoms. The van der Waals surface area contributed by atoms with Gasteiger partial charge in [0.1, 0.15) is 17.3 Å². The summed E-state index contributed by atoms with van der Waals surface area (Å²) in [5.41, 5.74) is 1.33. The lowest BCUT2D eigenvalue weighted by Gasteiger charge is -2.16. The highest BCUT2D eigenvalue weighted by Gasteiger charge is 2.09. The SMILES string of the molecule is CC(Nc1ccc(Br)c(F)c1)c1cc(O)cc(O)c1. The maximum Gasteiger partial charge on any atom is 0.139 e. The van der Waals surface area contributed by atoms with Gasteiger partial charge in [-0.1, -0.05) is 0 Å². The molecule has 3 N–H and O–H groups in total. The minimum Gasteiger partial charge on any atom is -0.508 e. The number of phenolic OH excluding ortho intramolecular Hbond substituents is 2. The molecule has 0 aliphatic carbocycles. The Bertz CT molecular complexity index is 584. The lowest BCUT2D eigenvalue weighted by molar-refractivity contribution is 0.448. The predicted molar refractivity (Wildman–Crippen MR) is 75.9 cm³/mol. The molecule has 0 bridgehead atoms. The molecule has 0 spiro atoms. The van der Waals surface area contributed by atoms with Crippen molar-refractivity contribution >= 4 is 21.6 Å². The van der Waals surface area contributed by atoms with Crippen molar-refractivity contribution in [2.24, 2.45) is 0 Å². The summed E-state index contributed by atoms with van der Waals surface area (Å²) in [5, 5.41) is 22.0. The third kappa shape index (κ3) is 3.38. The van der Waals surface area contributed by atoms with Crippen LogP contribution in [0.4, 0.5) is 10.1 Å². The fourth-order valence-corrected chi connectivity index (χ4v) is 2.03. The third-order valence-electron chi connectivity index (χ3n) is 2.73. The lowest BCUT2D eigenvalue weighted by atomic mass is 10.1. The monoisotopic (exact) mass is 325 g/mol. The van der Waals surface area contributed by atoms with E-state index >= 15 is 0 Å². The number of rotatable bonds is 3. The Kier molecular flexibility index (Phi) is 3.95. The summed E-state index contributed by atoms with van der Waals surface area (Å²) in [6.45, 7) is 1.86. The first-order chi connectivity index (χ1) is 8.95. The number of halogens is 2. The van der Waals surface area contributed by atoms with Gasteiger partial charge >= 0.3 is 0 Å².